The molecule has 4 atom stereocenters. The summed E-state index contributed by atoms with van der Waals surface area (Å²) in [6.07, 6.45) is 5.84. The van der Waals surface area contributed by atoms with Gasteiger partial charge in [0.1, 0.15) is 18.3 Å². The zero-order chi connectivity index (χ0) is 23.7. The van der Waals surface area contributed by atoms with Crippen LogP contribution in [0.4, 0.5) is 0 Å². The second-order valence-corrected chi connectivity index (χ2v) is 8.92. The van der Waals surface area contributed by atoms with Crippen LogP contribution in [0.25, 0.3) is 0 Å². The Bertz CT molecular complexity index is 565. The number of aliphatic hydroxyl groups excluding tert-OH is 4. The van der Waals surface area contributed by atoms with Crippen molar-refractivity contribution in [1.29, 1.82) is 0 Å². The van der Waals surface area contributed by atoms with Gasteiger partial charge in [-0.05, 0) is 6.42 Å². The van der Waals surface area contributed by atoms with E-state index >= 15 is 0 Å². The van der Waals surface area contributed by atoms with Crippen molar-refractivity contribution in [2.24, 2.45) is 0 Å². The molecule has 0 aliphatic carbocycles. The second kappa shape index (κ2) is 20.5. The van der Waals surface area contributed by atoms with E-state index in [0.717, 1.165) is 19.3 Å². The molecule has 10 nitrogen and oxygen atoms in total. The fraction of sp³-hybridized carbons (Fsp3) is 0.950. The summed E-state index contributed by atoms with van der Waals surface area (Å²) in [7, 11) is -5.09. The van der Waals surface area contributed by atoms with Crippen LogP contribution in [0.3, 0.4) is 0 Å². The first-order chi connectivity index (χ1) is 14.6. The van der Waals surface area contributed by atoms with Crippen molar-refractivity contribution in [2.75, 3.05) is 13.2 Å². The van der Waals surface area contributed by atoms with Gasteiger partial charge in [-0.1, -0.05) is 77.6 Å². The van der Waals surface area contributed by atoms with Gasteiger partial charge in [-0.2, -0.15) is 0 Å². The molecule has 0 radical (unpaired) electrons. The molecule has 0 rings (SSSR count). The largest absolute Gasteiger partial charge is 1.00 e. The van der Waals surface area contributed by atoms with Gasteiger partial charge in [0, 0.05) is 6.54 Å². The zero-order valence-electron chi connectivity index (χ0n) is 19.4. The molecular formula is C20H40NNaO9S. The summed E-state index contributed by atoms with van der Waals surface area (Å²) in [6, 6.07) is 0. The van der Waals surface area contributed by atoms with Gasteiger partial charge in [-0.3, -0.25) is 8.98 Å². The Hall–Kier alpha value is 0.180. The summed E-state index contributed by atoms with van der Waals surface area (Å²) >= 11 is 0. The number of carbonyl (C=O) groups is 1. The predicted molar refractivity (Wildman–Crippen MR) is 114 cm³/mol. The van der Waals surface area contributed by atoms with E-state index in [2.05, 4.69) is 16.4 Å². The molecule has 186 valence electrons. The predicted octanol–water partition coefficient (Wildman–Crippen LogP) is -2.27. The molecule has 12 heteroatoms. The van der Waals surface area contributed by atoms with Crippen LogP contribution >= 0.6 is 0 Å². The number of nitrogens with one attached hydrogen (secondary N) is 1. The van der Waals surface area contributed by atoms with Crippen molar-refractivity contribution in [3.63, 3.8) is 0 Å². The standard InChI is InChI=1S/C20H41NO9S.Na/c1-2-3-4-5-6-7-8-9-10-11-12-13-14-21-20(26)19(25)18(24)17(23)16(22)15-30-31(27,28)29;/h16-19,22-25H,2-15H2,1H3,(H,21,26)(H,27,28,29);/q;+1/p-1/t16-,17-,18+,19-;/m1./s1. The van der Waals surface area contributed by atoms with Crippen LogP contribution in [0.5, 0.6) is 0 Å². The van der Waals surface area contributed by atoms with Crippen molar-refractivity contribution in [3.8, 4) is 0 Å². The van der Waals surface area contributed by atoms with Crippen LogP contribution in [-0.2, 0) is 19.4 Å². The normalized spacial score (nSPS) is 15.4. The molecule has 0 saturated carbocycles. The minimum absolute atomic E-state index is 0. The maximum Gasteiger partial charge on any atom is 1.00 e. The van der Waals surface area contributed by atoms with Crippen LogP contribution in [-0.4, -0.2) is 76.9 Å². The van der Waals surface area contributed by atoms with E-state index in [4.69, 9.17) is 0 Å². The Kier molecular flexibility index (Phi) is 22.1. The smallest absolute Gasteiger partial charge is 0.726 e. The van der Waals surface area contributed by atoms with Crippen molar-refractivity contribution in [2.45, 2.75) is 108 Å². The molecule has 0 unspecified atom stereocenters. The molecule has 0 saturated heterocycles. The molecule has 0 fully saturated rings. The van der Waals surface area contributed by atoms with Gasteiger partial charge in [-0.15, -0.1) is 0 Å². The molecule has 0 aromatic rings. The molecule has 0 spiro atoms. The van der Waals surface area contributed by atoms with Gasteiger partial charge in [0.05, 0.1) is 6.61 Å². The summed E-state index contributed by atoms with van der Waals surface area (Å²) < 4.78 is 34.7. The number of carbonyl (C=O) groups excluding carboxylic acids is 1. The Morgan fingerprint density at radius 1 is 0.844 bits per heavy atom. The molecule has 0 aromatic carbocycles. The quantitative estimate of drug-likeness (QED) is 0.0541. The van der Waals surface area contributed by atoms with E-state index in [9.17, 15) is 38.2 Å². The Labute approximate surface area is 214 Å². The van der Waals surface area contributed by atoms with Crippen LogP contribution in [0, 0.1) is 0 Å². The average molecular weight is 494 g/mol. The molecular weight excluding hydrogens is 453 g/mol. The number of rotatable bonds is 20. The van der Waals surface area contributed by atoms with E-state index in [1.165, 1.54) is 51.4 Å². The van der Waals surface area contributed by atoms with E-state index in [-0.39, 0.29) is 36.1 Å². The maximum atomic E-state index is 11.8. The van der Waals surface area contributed by atoms with Gasteiger partial charge >= 0.3 is 29.6 Å². The van der Waals surface area contributed by atoms with Gasteiger partial charge in [0.15, 0.2) is 6.10 Å². The topological polar surface area (TPSA) is 176 Å². The van der Waals surface area contributed by atoms with Gasteiger partial charge in [0.2, 0.25) is 10.4 Å². The average Bonchev–Trinajstić information content (AvgIpc) is 2.72. The second-order valence-electron chi connectivity index (χ2n) is 7.87. The van der Waals surface area contributed by atoms with E-state index in [0.29, 0.717) is 6.42 Å². The van der Waals surface area contributed by atoms with Crippen molar-refractivity contribution in [3.05, 3.63) is 0 Å². The summed E-state index contributed by atoms with van der Waals surface area (Å²) in [5, 5.41) is 41.1. The molecule has 0 aliphatic heterocycles. The van der Waals surface area contributed by atoms with Crippen LogP contribution in [0.1, 0.15) is 84.0 Å². The van der Waals surface area contributed by atoms with Crippen LogP contribution in [0.2, 0.25) is 0 Å². The number of aliphatic hydroxyl groups is 4. The Morgan fingerprint density at radius 2 is 1.28 bits per heavy atom. The number of hydrogen-bond acceptors (Lipinski definition) is 9. The van der Waals surface area contributed by atoms with Crippen molar-refractivity contribution < 1.29 is 71.9 Å². The monoisotopic (exact) mass is 493 g/mol. The molecule has 0 aromatic heterocycles. The Morgan fingerprint density at radius 3 is 1.72 bits per heavy atom. The van der Waals surface area contributed by atoms with Crippen LogP contribution < -0.4 is 34.9 Å². The summed E-state index contributed by atoms with van der Waals surface area (Å²) in [6.45, 7) is 1.38. The summed E-state index contributed by atoms with van der Waals surface area (Å²) in [5.41, 5.74) is 0. The molecule has 5 N–H and O–H groups in total. The third kappa shape index (κ3) is 18.6. The first-order valence-electron chi connectivity index (χ1n) is 11.2. The third-order valence-electron chi connectivity index (χ3n) is 5.05. The SMILES string of the molecule is CCCCCCCCCCCCCCNC(=O)[C@H](O)[C@@H](O)[C@H](O)[C@H](O)COS(=O)(=O)[O-].[Na+]. The van der Waals surface area contributed by atoms with Crippen LogP contribution in [0.15, 0.2) is 0 Å². The van der Waals surface area contributed by atoms with Gasteiger partial charge in [0.25, 0.3) is 5.91 Å². The van der Waals surface area contributed by atoms with E-state index in [1.54, 1.807) is 0 Å². The van der Waals surface area contributed by atoms with E-state index in [1.807, 2.05) is 0 Å². The number of unbranched alkanes of at least 4 members (excludes halogenated alkanes) is 11. The summed E-state index contributed by atoms with van der Waals surface area (Å²) in [4.78, 5) is 11.8. The minimum atomic E-state index is -5.09. The van der Waals surface area contributed by atoms with Gasteiger partial charge < -0.3 is 30.3 Å². The fourth-order valence-electron chi connectivity index (χ4n) is 3.10. The molecule has 1 amide bonds. The third-order valence-corrected chi connectivity index (χ3v) is 5.47. The number of amides is 1. The van der Waals surface area contributed by atoms with Crippen molar-refractivity contribution in [1.82, 2.24) is 5.32 Å². The van der Waals surface area contributed by atoms with Gasteiger partial charge in [-0.25, -0.2) is 8.42 Å². The summed E-state index contributed by atoms with van der Waals surface area (Å²) in [5.74, 6) is -0.931. The zero-order valence-corrected chi connectivity index (χ0v) is 22.3. The molecule has 0 bridgehead atoms. The maximum absolute atomic E-state index is 11.8. The molecule has 32 heavy (non-hydrogen) atoms. The molecule has 0 aliphatic rings. The molecule has 0 heterocycles. The first-order valence-corrected chi connectivity index (χ1v) is 12.5. The minimum Gasteiger partial charge on any atom is -0.726 e. The fourth-order valence-corrected chi connectivity index (χ4v) is 3.41. The first kappa shape index (κ1) is 34.3. The van der Waals surface area contributed by atoms with E-state index < -0.39 is 47.3 Å². The Balaban J connectivity index is 0. The number of hydrogen-bond donors (Lipinski definition) is 5. The van der Waals surface area contributed by atoms with Crippen molar-refractivity contribution >= 4 is 16.3 Å².